The summed E-state index contributed by atoms with van der Waals surface area (Å²) in [5.41, 5.74) is 3.03. The first-order valence-corrected chi connectivity index (χ1v) is 7.42. The molecule has 0 bridgehead atoms. The van der Waals surface area contributed by atoms with E-state index >= 15 is 0 Å². The summed E-state index contributed by atoms with van der Waals surface area (Å²) in [6.07, 6.45) is -0.454. The van der Waals surface area contributed by atoms with Crippen LogP contribution in [0.25, 0.3) is 0 Å². The van der Waals surface area contributed by atoms with Crippen molar-refractivity contribution >= 4 is 27.3 Å². The largest absolute Gasteiger partial charge is 0.387 e. The summed E-state index contributed by atoms with van der Waals surface area (Å²) in [4.78, 5) is 0. The number of rotatable bonds is 5. The molecule has 0 saturated carbocycles. The number of aliphatic hydroxyl groups excluding tert-OH is 1. The van der Waals surface area contributed by atoms with Crippen molar-refractivity contribution in [2.24, 2.45) is 7.05 Å². The molecule has 2 N–H and O–H groups in total. The Morgan fingerprint density at radius 1 is 1.61 bits per heavy atom. The Morgan fingerprint density at radius 2 is 2.39 bits per heavy atom. The van der Waals surface area contributed by atoms with Gasteiger partial charge in [0, 0.05) is 20.1 Å². The van der Waals surface area contributed by atoms with Crippen molar-refractivity contribution in [1.29, 1.82) is 0 Å². The van der Waals surface area contributed by atoms with Gasteiger partial charge < -0.3 is 10.4 Å². The summed E-state index contributed by atoms with van der Waals surface area (Å²) in [5, 5.41) is 21.5. The van der Waals surface area contributed by atoms with Gasteiger partial charge >= 0.3 is 0 Å². The van der Waals surface area contributed by atoms with E-state index in [1.54, 1.807) is 11.3 Å². The summed E-state index contributed by atoms with van der Waals surface area (Å²) >= 11 is 5.12. The van der Waals surface area contributed by atoms with Crippen LogP contribution in [0.3, 0.4) is 0 Å². The van der Waals surface area contributed by atoms with Gasteiger partial charge in [-0.05, 0) is 45.2 Å². The zero-order valence-corrected chi connectivity index (χ0v) is 12.8. The Hall–Kier alpha value is -0.690. The van der Waals surface area contributed by atoms with Crippen LogP contribution < -0.4 is 5.32 Å². The maximum Gasteiger partial charge on any atom is 0.0922 e. The highest BCUT2D eigenvalue weighted by Crippen LogP contribution is 2.20. The highest BCUT2D eigenvalue weighted by atomic mass is 79.9. The first kappa shape index (κ1) is 13.7. The smallest absolute Gasteiger partial charge is 0.0922 e. The minimum absolute atomic E-state index is 0.454. The fourth-order valence-corrected chi connectivity index (χ4v) is 2.97. The lowest BCUT2D eigenvalue weighted by atomic mass is 10.2. The molecule has 98 valence electrons. The lowest BCUT2D eigenvalue weighted by Gasteiger charge is -2.10. The third kappa shape index (κ3) is 3.00. The Bertz CT molecular complexity index is 510. The number of nitrogens with zero attached hydrogens (tertiary/aromatic N) is 2. The molecule has 0 aliphatic rings. The maximum atomic E-state index is 9.94. The lowest BCUT2D eigenvalue weighted by molar-refractivity contribution is 0.174. The molecule has 2 aromatic heterocycles. The third-order valence-corrected chi connectivity index (χ3v) is 4.55. The highest BCUT2D eigenvalue weighted by Gasteiger charge is 2.11. The van der Waals surface area contributed by atoms with Gasteiger partial charge in [-0.25, -0.2) is 0 Å². The summed E-state index contributed by atoms with van der Waals surface area (Å²) < 4.78 is 2.88. The number of aryl methyl sites for hydroxylation is 2. The molecule has 0 aromatic carbocycles. The van der Waals surface area contributed by atoms with Gasteiger partial charge in [-0.15, -0.1) is 0 Å². The molecular formula is C12H16BrN3OS. The van der Waals surface area contributed by atoms with Gasteiger partial charge in [0.05, 0.1) is 22.0 Å². The fraction of sp³-hybridized carbons (Fsp3) is 0.417. The molecule has 0 aliphatic heterocycles. The molecule has 2 heterocycles. The molecule has 4 nitrogen and oxygen atoms in total. The lowest BCUT2D eigenvalue weighted by Crippen LogP contribution is -2.22. The van der Waals surface area contributed by atoms with Crippen molar-refractivity contribution in [3.63, 3.8) is 0 Å². The van der Waals surface area contributed by atoms with Crippen molar-refractivity contribution in [3.05, 3.63) is 38.3 Å². The van der Waals surface area contributed by atoms with Crippen LogP contribution in [0, 0.1) is 6.92 Å². The van der Waals surface area contributed by atoms with Crippen LogP contribution in [0.2, 0.25) is 0 Å². The van der Waals surface area contributed by atoms with Crippen LogP contribution in [-0.4, -0.2) is 21.4 Å². The van der Waals surface area contributed by atoms with Gasteiger partial charge in [-0.1, -0.05) is 0 Å². The monoisotopic (exact) mass is 329 g/mol. The second kappa shape index (κ2) is 5.97. The number of nitrogens with one attached hydrogen (secondary N) is 1. The van der Waals surface area contributed by atoms with Crippen LogP contribution in [0.4, 0.5) is 0 Å². The molecule has 0 aliphatic carbocycles. The van der Waals surface area contributed by atoms with Crippen LogP contribution in [0.5, 0.6) is 0 Å². The van der Waals surface area contributed by atoms with E-state index in [-0.39, 0.29) is 0 Å². The predicted octanol–water partition coefficient (Wildman–Crippen LogP) is 2.38. The Labute approximate surface area is 119 Å². The van der Waals surface area contributed by atoms with E-state index in [1.807, 2.05) is 35.5 Å². The van der Waals surface area contributed by atoms with Gasteiger partial charge in [0.1, 0.15) is 0 Å². The molecule has 0 radical (unpaired) electrons. The Balaban J connectivity index is 1.89. The minimum Gasteiger partial charge on any atom is -0.387 e. The molecule has 1 unspecified atom stereocenters. The maximum absolute atomic E-state index is 9.94. The zero-order chi connectivity index (χ0) is 13.1. The number of aliphatic hydroxyl groups is 1. The summed E-state index contributed by atoms with van der Waals surface area (Å²) in [6, 6.07) is 1.95. The Kier molecular flexibility index (Phi) is 4.55. The molecule has 6 heteroatoms. The van der Waals surface area contributed by atoms with Crippen LogP contribution in [0.15, 0.2) is 21.3 Å². The normalized spacial score (nSPS) is 12.9. The Morgan fingerprint density at radius 3 is 2.94 bits per heavy atom. The summed E-state index contributed by atoms with van der Waals surface area (Å²) in [5.74, 6) is 0. The zero-order valence-electron chi connectivity index (χ0n) is 10.4. The molecule has 0 saturated heterocycles. The average molecular weight is 330 g/mol. The van der Waals surface area contributed by atoms with Crippen molar-refractivity contribution in [2.45, 2.75) is 19.6 Å². The van der Waals surface area contributed by atoms with E-state index in [4.69, 9.17) is 0 Å². The first-order valence-electron chi connectivity index (χ1n) is 5.68. The quantitative estimate of drug-likeness (QED) is 0.885. The van der Waals surface area contributed by atoms with Crippen molar-refractivity contribution < 1.29 is 5.11 Å². The van der Waals surface area contributed by atoms with Crippen LogP contribution >= 0.6 is 27.3 Å². The molecule has 18 heavy (non-hydrogen) atoms. The molecule has 2 aromatic rings. The molecule has 0 spiro atoms. The molecule has 0 amide bonds. The fourth-order valence-electron chi connectivity index (χ4n) is 1.78. The van der Waals surface area contributed by atoms with Crippen LogP contribution in [-0.2, 0) is 13.6 Å². The van der Waals surface area contributed by atoms with E-state index in [1.165, 1.54) is 0 Å². The van der Waals surface area contributed by atoms with Gasteiger partial charge in [0.25, 0.3) is 0 Å². The van der Waals surface area contributed by atoms with Gasteiger partial charge in [0.15, 0.2) is 0 Å². The topological polar surface area (TPSA) is 50.1 Å². The minimum atomic E-state index is -0.454. The van der Waals surface area contributed by atoms with E-state index < -0.39 is 6.10 Å². The molecule has 1 atom stereocenters. The number of hydrogen-bond donors (Lipinski definition) is 2. The number of halogens is 1. The van der Waals surface area contributed by atoms with E-state index in [9.17, 15) is 5.11 Å². The summed E-state index contributed by atoms with van der Waals surface area (Å²) in [7, 11) is 1.92. The van der Waals surface area contributed by atoms with Crippen molar-refractivity contribution in [2.75, 3.05) is 6.54 Å². The van der Waals surface area contributed by atoms with Crippen LogP contribution in [0.1, 0.15) is 23.1 Å². The van der Waals surface area contributed by atoms with E-state index in [2.05, 4.69) is 26.3 Å². The second-order valence-corrected chi connectivity index (χ2v) is 5.75. The van der Waals surface area contributed by atoms with Gasteiger partial charge in [-0.3, -0.25) is 4.68 Å². The average Bonchev–Trinajstić information content (AvgIpc) is 2.93. The molecular weight excluding hydrogens is 314 g/mol. The first-order chi connectivity index (χ1) is 8.59. The van der Waals surface area contributed by atoms with Crippen molar-refractivity contribution in [1.82, 2.24) is 15.1 Å². The summed E-state index contributed by atoms with van der Waals surface area (Å²) in [6.45, 7) is 3.18. The number of hydrogen-bond acceptors (Lipinski definition) is 4. The standard InChI is InChI=1S/C12H16BrN3OS/c1-8-12(13)10(16(2)15-8)5-14-6-11(17)9-3-4-18-7-9/h3-4,7,11,14,17H,5-6H2,1-2H3. The van der Waals surface area contributed by atoms with Gasteiger partial charge in [0.2, 0.25) is 0 Å². The SMILES string of the molecule is Cc1nn(C)c(CNCC(O)c2ccsc2)c1Br. The predicted molar refractivity (Wildman–Crippen MR) is 76.6 cm³/mol. The van der Waals surface area contributed by atoms with Gasteiger partial charge in [-0.2, -0.15) is 16.4 Å². The number of thiophene rings is 1. The van der Waals surface area contributed by atoms with Crippen molar-refractivity contribution in [3.8, 4) is 0 Å². The van der Waals surface area contributed by atoms with E-state index in [0.29, 0.717) is 13.1 Å². The molecule has 2 rings (SSSR count). The van der Waals surface area contributed by atoms with E-state index in [0.717, 1.165) is 21.4 Å². The molecule has 0 fully saturated rings. The highest BCUT2D eigenvalue weighted by molar-refractivity contribution is 9.10. The third-order valence-electron chi connectivity index (χ3n) is 2.82. The second-order valence-electron chi connectivity index (χ2n) is 4.17. The number of aromatic nitrogens is 2.